The van der Waals surface area contributed by atoms with E-state index in [2.05, 4.69) is 69.0 Å². The average molecular weight is 404 g/mol. The van der Waals surface area contributed by atoms with Gasteiger partial charge in [-0.05, 0) is 34.1 Å². The van der Waals surface area contributed by atoms with Gasteiger partial charge in [0.2, 0.25) is 0 Å². The molecule has 0 spiro atoms. The van der Waals surface area contributed by atoms with Crippen LogP contribution in [-0.2, 0) is 12.0 Å². The predicted molar refractivity (Wildman–Crippen MR) is 90.0 cm³/mol. The first-order valence-electron chi connectivity index (χ1n) is 6.00. The number of nitrogens with one attached hydrogen (secondary N) is 1. The summed E-state index contributed by atoms with van der Waals surface area (Å²) in [5.74, 6) is 0. The summed E-state index contributed by atoms with van der Waals surface area (Å²) >= 11 is 8.77. The van der Waals surface area contributed by atoms with Crippen LogP contribution in [0, 0.1) is 0 Å². The van der Waals surface area contributed by atoms with Crippen LogP contribution >= 0.6 is 43.2 Å². The minimum atomic E-state index is 0.126. The molecule has 1 aromatic carbocycles. The van der Waals surface area contributed by atoms with Gasteiger partial charge in [0.25, 0.3) is 0 Å². The van der Waals surface area contributed by atoms with Crippen molar-refractivity contribution in [2.75, 3.05) is 5.32 Å². The van der Waals surface area contributed by atoms with Crippen molar-refractivity contribution in [2.24, 2.45) is 0 Å². The van der Waals surface area contributed by atoms with Gasteiger partial charge in [-0.2, -0.15) is 0 Å². The van der Waals surface area contributed by atoms with Gasteiger partial charge in [0, 0.05) is 31.1 Å². The molecule has 0 saturated heterocycles. The van der Waals surface area contributed by atoms with Crippen LogP contribution in [0.5, 0.6) is 0 Å². The van der Waals surface area contributed by atoms with E-state index in [1.54, 1.807) is 11.3 Å². The zero-order valence-corrected chi connectivity index (χ0v) is 15.1. The molecule has 0 aliphatic rings. The molecule has 0 amide bonds. The van der Waals surface area contributed by atoms with Crippen molar-refractivity contribution >= 4 is 48.9 Å². The summed E-state index contributed by atoms with van der Waals surface area (Å²) in [6.45, 7) is 7.37. The van der Waals surface area contributed by atoms with E-state index in [1.807, 2.05) is 18.3 Å². The van der Waals surface area contributed by atoms with Crippen LogP contribution in [0.25, 0.3) is 0 Å². The van der Waals surface area contributed by atoms with E-state index in [0.717, 1.165) is 21.2 Å². The van der Waals surface area contributed by atoms with E-state index in [0.29, 0.717) is 0 Å². The van der Waals surface area contributed by atoms with E-state index < -0.39 is 0 Å². The lowest BCUT2D eigenvalue weighted by Crippen LogP contribution is -2.09. The quantitative estimate of drug-likeness (QED) is 0.723. The molecule has 2 rings (SSSR count). The van der Waals surface area contributed by atoms with Crippen molar-refractivity contribution in [3.63, 3.8) is 0 Å². The van der Waals surface area contributed by atoms with Crippen molar-refractivity contribution in [1.82, 2.24) is 4.98 Å². The molecule has 0 radical (unpaired) electrons. The summed E-state index contributed by atoms with van der Waals surface area (Å²) in [4.78, 5) is 5.75. The number of anilines is 1. The minimum absolute atomic E-state index is 0.126. The highest BCUT2D eigenvalue weighted by atomic mass is 79.9. The van der Waals surface area contributed by atoms with Crippen LogP contribution in [0.4, 0.5) is 5.69 Å². The normalized spacial score (nSPS) is 11.6. The Bertz CT molecular complexity index is 573. The fourth-order valence-corrected chi connectivity index (χ4v) is 3.65. The van der Waals surface area contributed by atoms with E-state index in [-0.39, 0.29) is 5.41 Å². The summed E-state index contributed by atoms with van der Waals surface area (Å²) in [6, 6.07) is 6.12. The number of nitrogens with zero attached hydrogens (tertiary/aromatic N) is 1. The van der Waals surface area contributed by atoms with Gasteiger partial charge in [-0.3, -0.25) is 0 Å². The maximum atomic E-state index is 4.50. The zero-order valence-electron chi connectivity index (χ0n) is 11.1. The number of hydrogen-bond acceptors (Lipinski definition) is 3. The van der Waals surface area contributed by atoms with E-state index >= 15 is 0 Å². The third kappa shape index (κ3) is 4.04. The summed E-state index contributed by atoms with van der Waals surface area (Å²) < 4.78 is 2.13. The third-order valence-electron chi connectivity index (χ3n) is 2.58. The molecule has 2 aromatic rings. The number of thiazole rings is 1. The second kappa shape index (κ2) is 5.94. The summed E-state index contributed by atoms with van der Waals surface area (Å²) in [6.07, 6.45) is 1.96. The number of rotatable bonds is 3. The summed E-state index contributed by atoms with van der Waals surface area (Å²) in [5, 5.41) is 4.60. The lowest BCUT2D eigenvalue weighted by atomic mass is 9.98. The maximum Gasteiger partial charge on any atom is 0.0981 e. The Morgan fingerprint density at radius 1 is 1.26 bits per heavy atom. The smallest absolute Gasteiger partial charge is 0.0981 e. The molecule has 0 fully saturated rings. The highest BCUT2D eigenvalue weighted by Gasteiger charge is 2.17. The van der Waals surface area contributed by atoms with Gasteiger partial charge in [-0.25, -0.2) is 4.98 Å². The first kappa shape index (κ1) is 15.0. The highest BCUT2D eigenvalue weighted by molar-refractivity contribution is 9.11. The molecular weight excluding hydrogens is 388 g/mol. The largest absolute Gasteiger partial charge is 0.379 e. The van der Waals surface area contributed by atoms with Crippen LogP contribution in [0.1, 0.15) is 30.7 Å². The third-order valence-corrected chi connectivity index (χ3v) is 5.15. The van der Waals surface area contributed by atoms with Gasteiger partial charge >= 0.3 is 0 Å². The molecule has 1 N–H and O–H groups in total. The van der Waals surface area contributed by atoms with Crippen LogP contribution < -0.4 is 5.32 Å². The molecule has 1 heterocycles. The second-order valence-electron chi connectivity index (χ2n) is 5.36. The molecule has 0 unspecified atom stereocenters. The topological polar surface area (TPSA) is 24.9 Å². The van der Waals surface area contributed by atoms with Gasteiger partial charge < -0.3 is 5.32 Å². The van der Waals surface area contributed by atoms with Gasteiger partial charge in [0.05, 0.1) is 11.6 Å². The summed E-state index contributed by atoms with van der Waals surface area (Å²) in [5.41, 5.74) is 1.22. The molecule has 2 nitrogen and oxygen atoms in total. The van der Waals surface area contributed by atoms with Crippen LogP contribution in [0.2, 0.25) is 0 Å². The second-order valence-corrected chi connectivity index (χ2v) is 8.24. The van der Waals surface area contributed by atoms with Crippen molar-refractivity contribution in [3.8, 4) is 0 Å². The fraction of sp³-hybridized carbons (Fsp3) is 0.357. The Kier molecular flexibility index (Phi) is 4.69. The van der Waals surface area contributed by atoms with Crippen molar-refractivity contribution in [3.05, 3.63) is 43.2 Å². The number of hydrogen-bond donors (Lipinski definition) is 1. The molecule has 0 bridgehead atoms. The Balaban J connectivity index is 2.04. The van der Waals surface area contributed by atoms with Crippen LogP contribution in [0.3, 0.4) is 0 Å². The van der Waals surface area contributed by atoms with Crippen molar-refractivity contribution < 1.29 is 0 Å². The molecule has 1 aromatic heterocycles. The zero-order chi connectivity index (χ0) is 14.0. The van der Waals surface area contributed by atoms with E-state index in [9.17, 15) is 0 Å². The van der Waals surface area contributed by atoms with Crippen LogP contribution in [-0.4, -0.2) is 4.98 Å². The molecule has 0 aliphatic carbocycles. The minimum Gasteiger partial charge on any atom is -0.379 e. The predicted octanol–water partition coefficient (Wildman–Crippen LogP) is 5.58. The Labute approximate surface area is 134 Å². The lowest BCUT2D eigenvalue weighted by molar-refractivity contribution is 0.585. The van der Waals surface area contributed by atoms with Crippen molar-refractivity contribution in [2.45, 2.75) is 32.7 Å². The molecular formula is C14H16Br2N2S. The Hall–Kier alpha value is -0.390. The lowest BCUT2D eigenvalue weighted by Gasteiger charge is -2.13. The molecule has 5 heteroatoms. The SMILES string of the molecule is CC(C)(C)c1ncc(CNc2ccc(Br)cc2Br)s1. The van der Waals surface area contributed by atoms with Crippen molar-refractivity contribution in [1.29, 1.82) is 0 Å². The molecule has 0 saturated carbocycles. The molecule has 0 aliphatic heterocycles. The Morgan fingerprint density at radius 2 is 2.00 bits per heavy atom. The number of halogens is 2. The number of aromatic nitrogens is 1. The molecule has 19 heavy (non-hydrogen) atoms. The first-order chi connectivity index (χ1) is 8.86. The number of benzene rings is 1. The molecule has 0 atom stereocenters. The van der Waals surface area contributed by atoms with E-state index in [4.69, 9.17) is 0 Å². The van der Waals surface area contributed by atoms with Gasteiger partial charge in [-0.15, -0.1) is 11.3 Å². The van der Waals surface area contributed by atoms with Gasteiger partial charge in [0.15, 0.2) is 0 Å². The standard InChI is InChI=1S/C14H16Br2N2S/c1-14(2,3)13-18-8-10(19-13)7-17-12-5-4-9(15)6-11(12)16/h4-6,8,17H,7H2,1-3H3. The average Bonchev–Trinajstić information content (AvgIpc) is 2.76. The Morgan fingerprint density at radius 3 is 2.58 bits per heavy atom. The van der Waals surface area contributed by atoms with Gasteiger partial charge in [-0.1, -0.05) is 36.7 Å². The fourth-order valence-electron chi connectivity index (χ4n) is 1.55. The van der Waals surface area contributed by atoms with E-state index in [1.165, 1.54) is 9.88 Å². The highest BCUT2D eigenvalue weighted by Crippen LogP contribution is 2.29. The van der Waals surface area contributed by atoms with Crippen LogP contribution in [0.15, 0.2) is 33.3 Å². The summed E-state index contributed by atoms with van der Waals surface area (Å²) in [7, 11) is 0. The monoisotopic (exact) mass is 402 g/mol. The molecule has 102 valence electrons. The first-order valence-corrected chi connectivity index (χ1v) is 8.40. The maximum absolute atomic E-state index is 4.50. The van der Waals surface area contributed by atoms with Gasteiger partial charge in [0.1, 0.15) is 0 Å².